The zero-order valence-electron chi connectivity index (χ0n) is 18.3. The lowest BCUT2D eigenvalue weighted by molar-refractivity contribution is -0.135. The van der Waals surface area contributed by atoms with Gasteiger partial charge in [-0.15, -0.1) is 0 Å². The molecule has 0 spiro atoms. The highest BCUT2D eigenvalue weighted by atomic mass is 35.5. The molecule has 9 nitrogen and oxygen atoms in total. The lowest BCUT2D eigenvalue weighted by Crippen LogP contribution is -2.48. The second-order valence-corrected chi connectivity index (χ2v) is 10.6. The SMILES string of the molecule is CN1CCN(Cn2cc3c(S(C)(=O)=O)cc(NC(=O)Cc4ccccc4Cl)cc3n2)CC1=O. The van der Waals surface area contributed by atoms with Crippen molar-refractivity contribution in [2.45, 2.75) is 18.0 Å². The molecule has 3 aromatic rings. The monoisotopic (exact) mass is 489 g/mol. The molecular weight excluding hydrogens is 466 g/mol. The Kier molecular flexibility index (Phi) is 6.42. The molecule has 4 rings (SSSR count). The number of nitrogens with one attached hydrogen (secondary N) is 1. The molecule has 1 saturated heterocycles. The molecule has 33 heavy (non-hydrogen) atoms. The lowest BCUT2D eigenvalue weighted by atomic mass is 10.1. The van der Waals surface area contributed by atoms with Crippen molar-refractivity contribution in [1.29, 1.82) is 0 Å². The van der Waals surface area contributed by atoms with Crippen LogP contribution in [-0.2, 0) is 32.5 Å². The molecule has 0 atom stereocenters. The van der Waals surface area contributed by atoms with Crippen LogP contribution in [0.1, 0.15) is 5.56 Å². The molecular formula is C22H24ClN5O4S. The molecule has 1 aromatic heterocycles. The molecule has 1 fully saturated rings. The van der Waals surface area contributed by atoms with E-state index in [9.17, 15) is 18.0 Å². The van der Waals surface area contributed by atoms with Crippen LogP contribution in [0.4, 0.5) is 5.69 Å². The number of hydrogen-bond acceptors (Lipinski definition) is 6. The van der Waals surface area contributed by atoms with E-state index in [4.69, 9.17) is 11.6 Å². The Morgan fingerprint density at radius 1 is 1.21 bits per heavy atom. The minimum absolute atomic E-state index is 0.0262. The average Bonchev–Trinajstić information content (AvgIpc) is 3.13. The molecule has 0 aliphatic carbocycles. The maximum Gasteiger partial charge on any atom is 0.236 e. The molecule has 0 unspecified atom stereocenters. The van der Waals surface area contributed by atoms with E-state index in [1.165, 1.54) is 6.07 Å². The molecule has 11 heteroatoms. The number of benzene rings is 2. The minimum atomic E-state index is -3.59. The maximum atomic E-state index is 12.6. The van der Waals surface area contributed by atoms with Gasteiger partial charge in [0.15, 0.2) is 9.84 Å². The number of anilines is 1. The van der Waals surface area contributed by atoms with Gasteiger partial charge in [-0.25, -0.2) is 8.42 Å². The van der Waals surface area contributed by atoms with Crippen molar-refractivity contribution in [3.8, 4) is 0 Å². The number of amides is 2. The average molecular weight is 490 g/mol. The third-order valence-corrected chi connectivity index (χ3v) is 7.01. The van der Waals surface area contributed by atoms with Crippen molar-refractivity contribution in [1.82, 2.24) is 19.6 Å². The standard InChI is InChI=1S/C22H24ClN5O4S/c1-26-7-8-27(13-22(26)30)14-28-12-17-19(25-28)10-16(11-20(17)33(2,31)32)24-21(29)9-15-5-3-4-6-18(15)23/h3-6,10-12H,7-9,13-14H2,1-2H3,(H,24,29). The van der Waals surface area contributed by atoms with E-state index in [1.807, 2.05) is 4.90 Å². The second-order valence-electron chi connectivity index (χ2n) is 8.17. The number of likely N-dealkylation sites (N-methyl/N-ethyl adjacent to an activating group) is 1. The topological polar surface area (TPSA) is 105 Å². The summed E-state index contributed by atoms with van der Waals surface area (Å²) in [5.74, 6) is -0.296. The van der Waals surface area contributed by atoms with Crippen LogP contribution in [-0.4, -0.2) is 72.8 Å². The van der Waals surface area contributed by atoms with Gasteiger partial charge in [-0.3, -0.25) is 19.2 Å². The van der Waals surface area contributed by atoms with E-state index in [2.05, 4.69) is 10.4 Å². The van der Waals surface area contributed by atoms with Crippen molar-refractivity contribution in [2.24, 2.45) is 0 Å². The summed E-state index contributed by atoms with van der Waals surface area (Å²) in [5, 5.41) is 8.20. The van der Waals surface area contributed by atoms with Crippen molar-refractivity contribution < 1.29 is 18.0 Å². The number of halogens is 1. The number of fused-ring (bicyclic) bond motifs is 1. The third kappa shape index (κ3) is 5.35. The van der Waals surface area contributed by atoms with Crippen molar-refractivity contribution in [3.63, 3.8) is 0 Å². The van der Waals surface area contributed by atoms with E-state index in [0.29, 0.717) is 46.9 Å². The number of carbonyl (C=O) groups is 2. The highest BCUT2D eigenvalue weighted by Crippen LogP contribution is 2.27. The summed E-state index contributed by atoms with van der Waals surface area (Å²) in [6, 6.07) is 10.1. The first-order valence-corrected chi connectivity index (χ1v) is 12.6. The van der Waals surface area contributed by atoms with Crippen molar-refractivity contribution in [3.05, 3.63) is 53.2 Å². The van der Waals surface area contributed by atoms with Gasteiger partial charge < -0.3 is 10.2 Å². The molecule has 0 radical (unpaired) electrons. The van der Waals surface area contributed by atoms with Gasteiger partial charge in [0, 0.05) is 48.7 Å². The Balaban J connectivity index is 1.60. The number of rotatable bonds is 6. The largest absolute Gasteiger partial charge is 0.343 e. The van der Waals surface area contributed by atoms with Crippen LogP contribution >= 0.6 is 11.6 Å². The fourth-order valence-electron chi connectivity index (χ4n) is 3.74. The lowest BCUT2D eigenvalue weighted by Gasteiger charge is -2.31. The van der Waals surface area contributed by atoms with Gasteiger partial charge >= 0.3 is 0 Å². The molecule has 2 amide bonds. The molecule has 174 valence electrons. The normalized spacial score (nSPS) is 15.2. The third-order valence-electron chi connectivity index (χ3n) is 5.51. The predicted octanol–water partition coefficient (Wildman–Crippen LogP) is 2.01. The molecule has 2 heterocycles. The Hall–Kier alpha value is -2.95. The fraction of sp³-hybridized carbons (Fsp3) is 0.318. The summed E-state index contributed by atoms with van der Waals surface area (Å²) in [6.07, 6.45) is 2.83. The van der Waals surface area contributed by atoms with Gasteiger partial charge in [0.1, 0.15) is 0 Å². The Labute approximate surface area is 196 Å². The van der Waals surface area contributed by atoms with Crippen LogP contribution in [0.5, 0.6) is 0 Å². The molecule has 1 aliphatic heterocycles. The summed E-state index contributed by atoms with van der Waals surface area (Å²) >= 11 is 6.13. The van der Waals surface area contributed by atoms with Gasteiger partial charge in [-0.2, -0.15) is 5.10 Å². The molecule has 1 aliphatic rings. The van der Waals surface area contributed by atoms with Crippen LogP contribution in [0.3, 0.4) is 0 Å². The smallest absolute Gasteiger partial charge is 0.236 e. The van der Waals surface area contributed by atoms with Crippen molar-refractivity contribution >= 4 is 49.8 Å². The Morgan fingerprint density at radius 2 is 1.97 bits per heavy atom. The zero-order chi connectivity index (χ0) is 23.8. The predicted molar refractivity (Wildman–Crippen MR) is 126 cm³/mol. The second kappa shape index (κ2) is 9.12. The summed E-state index contributed by atoms with van der Waals surface area (Å²) < 4.78 is 26.6. The van der Waals surface area contributed by atoms with Gasteiger partial charge in [-0.1, -0.05) is 29.8 Å². The number of aromatic nitrogens is 2. The van der Waals surface area contributed by atoms with Gasteiger partial charge in [-0.05, 0) is 23.8 Å². The first-order chi connectivity index (χ1) is 15.6. The molecule has 1 N–H and O–H groups in total. The summed E-state index contributed by atoms with van der Waals surface area (Å²) in [7, 11) is -1.82. The maximum absolute atomic E-state index is 12.6. The molecule has 0 saturated carbocycles. The van der Waals surface area contributed by atoms with Crippen LogP contribution < -0.4 is 5.32 Å². The number of piperazine rings is 1. The highest BCUT2D eigenvalue weighted by Gasteiger charge is 2.22. The fourth-order valence-corrected chi connectivity index (χ4v) is 4.85. The number of sulfone groups is 1. The van der Waals surface area contributed by atoms with Crippen LogP contribution in [0, 0.1) is 0 Å². The highest BCUT2D eigenvalue weighted by molar-refractivity contribution is 7.91. The number of hydrogen-bond donors (Lipinski definition) is 1. The van der Waals surface area contributed by atoms with Gasteiger partial charge in [0.2, 0.25) is 11.8 Å². The van der Waals surface area contributed by atoms with Gasteiger partial charge in [0.05, 0.1) is 30.0 Å². The first kappa shape index (κ1) is 23.2. The van der Waals surface area contributed by atoms with Gasteiger partial charge in [0.25, 0.3) is 0 Å². The first-order valence-electron chi connectivity index (χ1n) is 10.3. The molecule has 2 aromatic carbocycles. The van der Waals surface area contributed by atoms with E-state index in [1.54, 1.807) is 53.2 Å². The molecule has 0 bridgehead atoms. The van der Waals surface area contributed by atoms with Crippen molar-refractivity contribution in [2.75, 3.05) is 38.3 Å². The van der Waals surface area contributed by atoms with Crippen LogP contribution in [0.15, 0.2) is 47.5 Å². The Bertz CT molecular complexity index is 1340. The number of nitrogens with zero attached hydrogens (tertiary/aromatic N) is 4. The summed E-state index contributed by atoms with van der Waals surface area (Å²) in [4.78, 5) is 28.2. The Morgan fingerprint density at radius 3 is 2.67 bits per heavy atom. The van der Waals surface area contributed by atoms with E-state index in [0.717, 1.165) is 6.26 Å². The number of carbonyl (C=O) groups excluding carboxylic acids is 2. The zero-order valence-corrected chi connectivity index (χ0v) is 19.9. The van der Waals surface area contributed by atoms with Crippen LogP contribution in [0.2, 0.25) is 5.02 Å². The van der Waals surface area contributed by atoms with E-state index >= 15 is 0 Å². The van der Waals surface area contributed by atoms with Crippen LogP contribution in [0.25, 0.3) is 10.9 Å². The quantitative estimate of drug-likeness (QED) is 0.568. The minimum Gasteiger partial charge on any atom is -0.343 e. The van der Waals surface area contributed by atoms with E-state index < -0.39 is 9.84 Å². The summed E-state index contributed by atoms with van der Waals surface area (Å²) in [6.45, 7) is 1.94. The summed E-state index contributed by atoms with van der Waals surface area (Å²) in [5.41, 5.74) is 1.44. The van der Waals surface area contributed by atoms with E-state index in [-0.39, 0.29) is 29.7 Å².